The van der Waals surface area contributed by atoms with E-state index in [9.17, 15) is 0 Å². The van der Waals surface area contributed by atoms with E-state index in [0.717, 1.165) is 113 Å². The first-order valence-corrected chi connectivity index (χ1v) is 29.2. The van der Waals surface area contributed by atoms with Gasteiger partial charge in [-0.2, -0.15) is 0 Å². The number of anilines is 12. The second-order valence-electron chi connectivity index (χ2n) is 20.6. The maximum Gasteiger partial charge on any atom is 2.00 e. The van der Waals surface area contributed by atoms with Crippen molar-refractivity contribution in [2.75, 3.05) is 19.6 Å². The molecular formula is C80H58N8Pt. The first kappa shape index (κ1) is 58.1. The van der Waals surface area contributed by atoms with Crippen molar-refractivity contribution in [2.24, 2.45) is 0 Å². The fourth-order valence-corrected chi connectivity index (χ4v) is 10.8. The second-order valence-corrected chi connectivity index (χ2v) is 20.6. The standard InChI is InChI=1S/C40H30N4.C40H28N4.Pt/c2*1-3-15-33(16-4-1)43(34-17-5-2-6-18-34)35-23-25-36(26-24-35)44(37-19-11-13-31(29-37)39-21-7-9-27-41-39)38-20-12-14-32(30-38)40-22-8-10-28-42-40;/h1-30H;1-28H;/q;-2;+2. The Morgan fingerprint density at radius 2 is 0.461 bits per heavy atom. The number of para-hydroxylation sites is 4. The number of pyridine rings is 4. The van der Waals surface area contributed by atoms with Crippen LogP contribution in [0.4, 0.5) is 68.2 Å². The van der Waals surface area contributed by atoms with Crippen LogP contribution in [0, 0.1) is 12.1 Å². The summed E-state index contributed by atoms with van der Waals surface area (Å²) in [4.78, 5) is 27.3. The zero-order valence-corrected chi connectivity index (χ0v) is 50.7. The molecule has 14 aromatic rings. The third-order valence-corrected chi connectivity index (χ3v) is 14.8. The Morgan fingerprint density at radius 1 is 0.202 bits per heavy atom. The topological polar surface area (TPSA) is 64.5 Å². The molecule has 4 aromatic heterocycles. The van der Waals surface area contributed by atoms with Crippen molar-refractivity contribution >= 4 is 68.2 Å². The van der Waals surface area contributed by atoms with Gasteiger partial charge in [0.2, 0.25) is 0 Å². The summed E-state index contributed by atoms with van der Waals surface area (Å²) in [5.74, 6) is 0. The number of aromatic nitrogens is 4. The van der Waals surface area contributed by atoms with Crippen LogP contribution >= 0.6 is 0 Å². The Labute approximate surface area is 534 Å². The second kappa shape index (κ2) is 28.3. The van der Waals surface area contributed by atoms with Gasteiger partial charge in [0, 0.05) is 92.8 Å². The molecule has 428 valence electrons. The van der Waals surface area contributed by atoms with Gasteiger partial charge in [0.15, 0.2) is 0 Å². The summed E-state index contributed by atoms with van der Waals surface area (Å²) in [5, 5.41) is 0. The van der Waals surface area contributed by atoms with E-state index in [4.69, 9.17) is 0 Å². The van der Waals surface area contributed by atoms with Gasteiger partial charge < -0.3 is 29.6 Å². The van der Waals surface area contributed by atoms with Gasteiger partial charge in [-0.3, -0.25) is 9.97 Å². The monoisotopic (exact) mass is 1330 g/mol. The third kappa shape index (κ3) is 13.7. The number of benzene rings is 10. The molecule has 0 aliphatic rings. The first-order chi connectivity index (χ1) is 43.7. The summed E-state index contributed by atoms with van der Waals surface area (Å²) in [6.45, 7) is 0. The molecule has 0 bridgehead atoms. The largest absolute Gasteiger partial charge is 2.00 e. The van der Waals surface area contributed by atoms with E-state index in [1.165, 1.54) is 0 Å². The van der Waals surface area contributed by atoms with Gasteiger partial charge in [0.1, 0.15) is 0 Å². The molecule has 10 aromatic carbocycles. The van der Waals surface area contributed by atoms with E-state index < -0.39 is 0 Å². The SMILES string of the molecule is [Pt+2].[c-]1c(-c2ccccn2)cccc1N(c1[c-]c(-c2ccccn2)ccc1)c1ccc(N(c2ccccc2)c2ccccc2)cc1.c1ccc(N(c2ccccc2)c2ccc(N(c3cccc(-c4ccccn4)c3)c3cccc(-c4ccccn4)c3)cc2)cc1. The fourth-order valence-electron chi connectivity index (χ4n) is 10.8. The van der Waals surface area contributed by atoms with Crippen LogP contribution in [-0.2, 0) is 21.1 Å². The molecule has 0 aliphatic carbocycles. The van der Waals surface area contributed by atoms with Gasteiger partial charge in [0.25, 0.3) is 0 Å². The van der Waals surface area contributed by atoms with Gasteiger partial charge in [-0.25, -0.2) is 0 Å². The predicted molar refractivity (Wildman–Crippen MR) is 362 cm³/mol. The van der Waals surface area contributed by atoms with E-state index in [0.29, 0.717) is 0 Å². The molecule has 0 radical (unpaired) electrons. The van der Waals surface area contributed by atoms with E-state index in [1.54, 1.807) is 0 Å². The molecule has 8 nitrogen and oxygen atoms in total. The predicted octanol–water partition coefficient (Wildman–Crippen LogP) is 21.1. The van der Waals surface area contributed by atoms with E-state index in [2.05, 4.69) is 258 Å². The van der Waals surface area contributed by atoms with Crippen LogP contribution in [0.25, 0.3) is 45.0 Å². The smallest absolute Gasteiger partial charge is 0.346 e. The van der Waals surface area contributed by atoms with Crippen LogP contribution in [0.5, 0.6) is 0 Å². The average molecular weight is 1330 g/mol. The summed E-state index contributed by atoms with van der Waals surface area (Å²) >= 11 is 0. The zero-order chi connectivity index (χ0) is 59.1. The molecule has 9 heteroatoms. The number of hydrogen-bond donors (Lipinski definition) is 0. The Morgan fingerprint density at radius 3 is 0.775 bits per heavy atom. The van der Waals surface area contributed by atoms with E-state index in [-0.39, 0.29) is 21.1 Å². The molecule has 0 amide bonds. The molecular weight excluding hydrogens is 1270 g/mol. The van der Waals surface area contributed by atoms with Crippen LogP contribution in [0.1, 0.15) is 0 Å². The van der Waals surface area contributed by atoms with Crippen molar-refractivity contribution in [3.05, 3.63) is 365 Å². The Kier molecular flexibility index (Phi) is 18.4. The van der Waals surface area contributed by atoms with Crippen molar-refractivity contribution < 1.29 is 21.1 Å². The van der Waals surface area contributed by atoms with Crippen LogP contribution in [0.3, 0.4) is 0 Å². The van der Waals surface area contributed by atoms with Crippen molar-refractivity contribution in [3.8, 4) is 45.0 Å². The van der Waals surface area contributed by atoms with Crippen molar-refractivity contribution in [3.63, 3.8) is 0 Å². The van der Waals surface area contributed by atoms with Crippen LogP contribution in [-0.4, -0.2) is 19.9 Å². The number of nitrogens with zero attached hydrogens (tertiary/aromatic N) is 8. The molecule has 89 heavy (non-hydrogen) atoms. The Balaban J connectivity index is 0.000000171. The number of hydrogen-bond acceptors (Lipinski definition) is 8. The molecule has 0 spiro atoms. The molecule has 14 rings (SSSR count). The molecule has 0 unspecified atom stereocenters. The third-order valence-electron chi connectivity index (χ3n) is 14.8. The minimum atomic E-state index is 0. The maximum absolute atomic E-state index is 4.60. The molecule has 0 saturated carbocycles. The molecule has 0 N–H and O–H groups in total. The van der Waals surface area contributed by atoms with E-state index in [1.807, 2.05) is 146 Å². The molecule has 0 atom stereocenters. The van der Waals surface area contributed by atoms with Crippen molar-refractivity contribution in [1.29, 1.82) is 0 Å². The van der Waals surface area contributed by atoms with Crippen molar-refractivity contribution in [2.45, 2.75) is 0 Å². The van der Waals surface area contributed by atoms with Gasteiger partial charge in [-0.1, -0.05) is 133 Å². The maximum atomic E-state index is 4.60. The summed E-state index contributed by atoms with van der Waals surface area (Å²) in [6.07, 6.45) is 7.28. The van der Waals surface area contributed by atoms with Crippen LogP contribution in [0.2, 0.25) is 0 Å². The van der Waals surface area contributed by atoms with Gasteiger partial charge in [0.05, 0.1) is 11.4 Å². The summed E-state index contributed by atoms with van der Waals surface area (Å²) in [6, 6.07) is 120. The van der Waals surface area contributed by atoms with Gasteiger partial charge in [-0.05, 0) is 180 Å². The molecule has 0 saturated heterocycles. The van der Waals surface area contributed by atoms with Crippen LogP contribution < -0.4 is 19.6 Å². The minimum Gasteiger partial charge on any atom is -0.346 e. The minimum absolute atomic E-state index is 0. The summed E-state index contributed by atoms with van der Waals surface area (Å²) in [5.41, 5.74) is 20.0. The molecule has 0 aliphatic heterocycles. The Bertz CT molecular complexity index is 3940. The molecule has 0 fully saturated rings. The van der Waals surface area contributed by atoms with Gasteiger partial charge >= 0.3 is 21.1 Å². The first-order valence-electron chi connectivity index (χ1n) is 29.2. The zero-order valence-electron chi connectivity index (χ0n) is 48.4. The van der Waals surface area contributed by atoms with E-state index >= 15 is 0 Å². The van der Waals surface area contributed by atoms with Gasteiger partial charge in [-0.15, -0.1) is 59.7 Å². The Hall–Kier alpha value is -11.3. The average Bonchev–Trinajstić information content (AvgIpc) is 3.80. The summed E-state index contributed by atoms with van der Waals surface area (Å²) < 4.78 is 0. The fraction of sp³-hybridized carbons (Fsp3) is 0. The number of rotatable bonds is 16. The quantitative estimate of drug-likeness (QED) is 0.0887. The normalized spacial score (nSPS) is 10.6. The molecule has 4 heterocycles. The van der Waals surface area contributed by atoms with Crippen molar-refractivity contribution in [1.82, 2.24) is 19.9 Å². The summed E-state index contributed by atoms with van der Waals surface area (Å²) in [7, 11) is 0. The van der Waals surface area contributed by atoms with Crippen LogP contribution in [0.15, 0.2) is 352 Å².